The lowest BCUT2D eigenvalue weighted by Gasteiger charge is -2.25. The molecule has 1 atom stereocenters. The van der Waals surface area contributed by atoms with Crippen molar-refractivity contribution in [3.8, 4) is 11.3 Å². The number of anilines is 1. The van der Waals surface area contributed by atoms with Crippen LogP contribution in [0.15, 0.2) is 86.1 Å². The van der Waals surface area contributed by atoms with E-state index >= 15 is 0 Å². The molecule has 1 aliphatic rings. The van der Waals surface area contributed by atoms with Crippen LogP contribution in [0.25, 0.3) is 17.4 Å². The summed E-state index contributed by atoms with van der Waals surface area (Å²) in [7, 11) is 3.83. The highest BCUT2D eigenvalue weighted by Gasteiger charge is 2.33. The van der Waals surface area contributed by atoms with Gasteiger partial charge in [0, 0.05) is 31.4 Å². The van der Waals surface area contributed by atoms with Crippen molar-refractivity contribution >= 4 is 29.1 Å². The Kier molecular flexibility index (Phi) is 7.48. The van der Waals surface area contributed by atoms with E-state index in [2.05, 4.69) is 4.99 Å². The van der Waals surface area contributed by atoms with Crippen LogP contribution in [0.3, 0.4) is 0 Å². The fraction of sp³-hybridized carbons (Fsp3) is 0.233. The molecule has 0 saturated carbocycles. The lowest BCUT2D eigenvalue weighted by atomic mass is 9.95. The second-order valence-corrected chi connectivity index (χ2v) is 10.6. The maximum atomic E-state index is 13.8. The molecule has 0 N–H and O–H groups in total. The van der Waals surface area contributed by atoms with Gasteiger partial charge in [0.25, 0.3) is 5.56 Å². The Labute approximate surface area is 237 Å². The summed E-state index contributed by atoms with van der Waals surface area (Å²) in [6, 6.07) is 14.7. The molecule has 0 bridgehead atoms. The number of aromatic nitrogens is 1. The summed E-state index contributed by atoms with van der Waals surface area (Å²) in [4.78, 5) is 33.7. The average molecular weight is 582 g/mol. The number of fused-ring (bicyclic) bond motifs is 1. The van der Waals surface area contributed by atoms with Gasteiger partial charge in [0.2, 0.25) is 0 Å². The van der Waals surface area contributed by atoms with Gasteiger partial charge < -0.3 is 14.1 Å². The molecule has 5 rings (SSSR count). The molecule has 0 unspecified atom stereocenters. The fourth-order valence-electron chi connectivity index (χ4n) is 4.63. The zero-order valence-corrected chi connectivity index (χ0v) is 23.5. The number of esters is 1. The number of furan rings is 1. The van der Waals surface area contributed by atoms with Crippen LogP contribution in [0.4, 0.5) is 18.9 Å². The number of nitrogens with zero attached hydrogens (tertiary/aromatic N) is 3. The molecule has 3 heterocycles. The summed E-state index contributed by atoms with van der Waals surface area (Å²) in [5.41, 5.74) is 1.47. The second kappa shape index (κ2) is 10.9. The van der Waals surface area contributed by atoms with E-state index in [1.165, 1.54) is 22.8 Å². The van der Waals surface area contributed by atoms with Crippen molar-refractivity contribution in [2.45, 2.75) is 26.1 Å². The van der Waals surface area contributed by atoms with Crippen molar-refractivity contribution < 1.29 is 27.1 Å². The minimum absolute atomic E-state index is 0.166. The van der Waals surface area contributed by atoms with Crippen molar-refractivity contribution in [2.75, 3.05) is 25.6 Å². The Morgan fingerprint density at radius 2 is 1.88 bits per heavy atom. The number of carbonyl (C=O) groups is 1. The van der Waals surface area contributed by atoms with E-state index in [0.717, 1.165) is 29.2 Å². The largest absolute Gasteiger partial charge is 0.463 e. The van der Waals surface area contributed by atoms with Gasteiger partial charge >= 0.3 is 12.1 Å². The highest BCUT2D eigenvalue weighted by molar-refractivity contribution is 7.07. The number of thiazole rings is 1. The summed E-state index contributed by atoms with van der Waals surface area (Å²) < 4.78 is 52.4. The van der Waals surface area contributed by atoms with Crippen LogP contribution in [-0.4, -0.2) is 31.2 Å². The lowest BCUT2D eigenvalue weighted by molar-refractivity contribution is -0.139. The first-order chi connectivity index (χ1) is 19.5. The number of hydrogen-bond acceptors (Lipinski definition) is 7. The van der Waals surface area contributed by atoms with Crippen molar-refractivity contribution in [3.05, 3.63) is 109 Å². The number of benzene rings is 2. The number of halogens is 3. The molecule has 0 spiro atoms. The molecule has 1 aliphatic heterocycles. The monoisotopic (exact) mass is 581 g/mol. The summed E-state index contributed by atoms with van der Waals surface area (Å²) in [5, 5.41) is 0. The first-order valence-electron chi connectivity index (χ1n) is 12.7. The Morgan fingerprint density at radius 3 is 2.54 bits per heavy atom. The first kappa shape index (κ1) is 28.2. The average Bonchev–Trinajstić information content (AvgIpc) is 3.52. The highest BCUT2D eigenvalue weighted by atomic mass is 32.1. The normalized spacial score (nSPS) is 15.5. The molecule has 0 amide bonds. The molecule has 2 aromatic heterocycles. The standard InChI is InChI=1S/C30H26F3N3O4S/c1-5-39-28(38)25-17(2)34-29-36(26(25)18-9-11-21(12-10-18)35(3)4)27(37)24(41-29)16-22-13-14-23(40-22)19-7-6-8-20(15-19)30(31,32)33/h6-16,26H,5H2,1-4H3/b24-16-/t26-/m0/s1. The third-order valence-electron chi connectivity index (χ3n) is 6.62. The van der Waals surface area contributed by atoms with Gasteiger partial charge in [-0.15, -0.1) is 0 Å². The van der Waals surface area contributed by atoms with E-state index in [9.17, 15) is 22.8 Å². The fourth-order valence-corrected chi connectivity index (χ4v) is 5.65. The van der Waals surface area contributed by atoms with Crippen molar-refractivity contribution in [1.29, 1.82) is 0 Å². The molecular formula is C30H26F3N3O4S. The topological polar surface area (TPSA) is 77.0 Å². The van der Waals surface area contributed by atoms with E-state index in [1.807, 2.05) is 43.3 Å². The third-order valence-corrected chi connectivity index (χ3v) is 7.60. The van der Waals surface area contributed by atoms with E-state index in [4.69, 9.17) is 9.15 Å². The summed E-state index contributed by atoms with van der Waals surface area (Å²) in [6.07, 6.45) is -2.96. The van der Waals surface area contributed by atoms with Crippen LogP contribution in [0.5, 0.6) is 0 Å². The molecule has 0 radical (unpaired) electrons. The molecule has 4 aromatic rings. The smallest absolute Gasteiger partial charge is 0.416 e. The molecule has 11 heteroatoms. The van der Waals surface area contributed by atoms with Crippen LogP contribution in [0.1, 0.15) is 36.8 Å². The number of rotatable bonds is 6. The van der Waals surface area contributed by atoms with E-state index < -0.39 is 23.8 Å². The second-order valence-electron chi connectivity index (χ2n) is 9.57. The third kappa shape index (κ3) is 5.49. The highest BCUT2D eigenvalue weighted by Crippen LogP contribution is 2.33. The van der Waals surface area contributed by atoms with Gasteiger partial charge in [-0.3, -0.25) is 9.36 Å². The summed E-state index contributed by atoms with van der Waals surface area (Å²) >= 11 is 1.13. The Bertz CT molecular complexity index is 1830. The maximum Gasteiger partial charge on any atom is 0.416 e. The lowest BCUT2D eigenvalue weighted by Crippen LogP contribution is -2.39. The van der Waals surface area contributed by atoms with Crippen LogP contribution in [0.2, 0.25) is 0 Å². The van der Waals surface area contributed by atoms with Crippen molar-refractivity contribution in [3.63, 3.8) is 0 Å². The molecule has 2 aromatic carbocycles. The van der Waals surface area contributed by atoms with Gasteiger partial charge in [-0.25, -0.2) is 9.79 Å². The number of carbonyl (C=O) groups excluding carboxylic acids is 1. The van der Waals surface area contributed by atoms with E-state index in [-0.39, 0.29) is 34.8 Å². The predicted molar refractivity (Wildman–Crippen MR) is 150 cm³/mol. The van der Waals surface area contributed by atoms with Crippen molar-refractivity contribution in [2.24, 2.45) is 4.99 Å². The van der Waals surface area contributed by atoms with Crippen LogP contribution < -0.4 is 19.8 Å². The van der Waals surface area contributed by atoms with Crippen LogP contribution >= 0.6 is 11.3 Å². The van der Waals surface area contributed by atoms with Gasteiger partial charge in [-0.05, 0) is 55.8 Å². The number of ether oxygens (including phenoxy) is 1. The molecular weight excluding hydrogens is 555 g/mol. The quantitative estimate of drug-likeness (QED) is 0.295. The minimum Gasteiger partial charge on any atom is -0.463 e. The molecule has 212 valence electrons. The van der Waals surface area contributed by atoms with Gasteiger partial charge in [-0.1, -0.05) is 35.6 Å². The van der Waals surface area contributed by atoms with Crippen LogP contribution in [0, 0.1) is 0 Å². The van der Waals surface area contributed by atoms with Crippen LogP contribution in [-0.2, 0) is 15.7 Å². The van der Waals surface area contributed by atoms with E-state index in [0.29, 0.717) is 20.6 Å². The molecule has 0 fully saturated rings. The predicted octanol–water partition coefficient (Wildman–Crippen LogP) is 5.14. The molecule has 41 heavy (non-hydrogen) atoms. The van der Waals surface area contributed by atoms with Crippen molar-refractivity contribution in [1.82, 2.24) is 4.57 Å². The van der Waals surface area contributed by atoms with Gasteiger partial charge in [0.15, 0.2) is 4.80 Å². The van der Waals surface area contributed by atoms with E-state index in [1.54, 1.807) is 26.0 Å². The minimum atomic E-state index is -4.48. The summed E-state index contributed by atoms with van der Waals surface area (Å²) in [6.45, 7) is 3.58. The zero-order valence-electron chi connectivity index (χ0n) is 22.7. The van der Waals surface area contributed by atoms with Gasteiger partial charge in [-0.2, -0.15) is 13.2 Å². The number of alkyl halides is 3. The molecule has 0 saturated heterocycles. The van der Waals surface area contributed by atoms with Gasteiger partial charge in [0.05, 0.1) is 34.0 Å². The van der Waals surface area contributed by atoms with Gasteiger partial charge in [0.1, 0.15) is 11.5 Å². The molecule has 0 aliphatic carbocycles. The SMILES string of the molecule is CCOC(=O)C1=C(C)N=c2s/c(=C\c3ccc(-c4cccc(C(F)(F)F)c4)o3)c(=O)n2[C@H]1c1ccc(N(C)C)cc1. The maximum absolute atomic E-state index is 13.8. The summed E-state index contributed by atoms with van der Waals surface area (Å²) in [5.74, 6) is -0.0354. The molecule has 7 nitrogen and oxygen atoms in total. The first-order valence-corrected chi connectivity index (χ1v) is 13.5. The Morgan fingerprint density at radius 1 is 1.15 bits per heavy atom. The number of allylic oxidation sites excluding steroid dienone is 1. The zero-order chi connectivity index (χ0) is 29.5. The number of hydrogen-bond donors (Lipinski definition) is 0. The Hall–Kier alpha value is -4.38. The Balaban J connectivity index is 1.60.